The first-order valence-electron chi connectivity index (χ1n) is 8.19. The highest BCUT2D eigenvalue weighted by Crippen LogP contribution is 2.30. The quantitative estimate of drug-likeness (QED) is 0.647. The lowest BCUT2D eigenvalue weighted by atomic mass is 9.84. The zero-order valence-electron chi connectivity index (χ0n) is 15.1. The minimum absolute atomic E-state index is 0.464. The van der Waals surface area contributed by atoms with Gasteiger partial charge in [0, 0.05) is 26.2 Å². The second-order valence-electron chi connectivity index (χ2n) is 6.85. The minimum Gasteiger partial charge on any atom is -0.481 e. The van der Waals surface area contributed by atoms with Gasteiger partial charge in [-0.2, -0.15) is 0 Å². The van der Waals surface area contributed by atoms with Gasteiger partial charge in [0.2, 0.25) is 0 Å². The van der Waals surface area contributed by atoms with Crippen molar-refractivity contribution < 1.29 is 19.8 Å². The van der Waals surface area contributed by atoms with Crippen LogP contribution >= 0.6 is 36.2 Å². The van der Waals surface area contributed by atoms with E-state index in [1.807, 2.05) is 16.7 Å². The van der Waals surface area contributed by atoms with E-state index in [1.165, 1.54) is 0 Å². The fourth-order valence-corrected chi connectivity index (χ4v) is 4.59. The molecule has 0 amide bonds. The molecule has 0 aromatic rings. The molecule has 0 aromatic carbocycles. The van der Waals surface area contributed by atoms with Crippen molar-refractivity contribution in [3.63, 3.8) is 0 Å². The van der Waals surface area contributed by atoms with Gasteiger partial charge in [0.15, 0.2) is 0 Å². The standard InChI is InChI=1S/C16H26N2O4S3/c1-5-6-16(4,13(21)22)11(23)17-7-9-18(10-8-17)14(24)25-15(2,3)12(19)20/h5-10H2,1-4H3,(H,19,20)(H,21,22). The van der Waals surface area contributed by atoms with Crippen LogP contribution in [0.1, 0.15) is 40.5 Å². The molecule has 25 heavy (non-hydrogen) atoms. The largest absolute Gasteiger partial charge is 0.481 e. The Morgan fingerprint density at radius 2 is 1.48 bits per heavy atom. The van der Waals surface area contributed by atoms with Gasteiger partial charge in [-0.3, -0.25) is 9.59 Å². The summed E-state index contributed by atoms with van der Waals surface area (Å²) in [6.07, 6.45) is 1.25. The van der Waals surface area contributed by atoms with Crippen LogP contribution in [0.2, 0.25) is 0 Å². The van der Waals surface area contributed by atoms with Crippen LogP contribution in [0, 0.1) is 5.41 Å². The summed E-state index contributed by atoms with van der Waals surface area (Å²) in [4.78, 5) is 27.3. The third-order valence-electron chi connectivity index (χ3n) is 4.38. The Labute approximate surface area is 163 Å². The van der Waals surface area contributed by atoms with Gasteiger partial charge in [0.05, 0.1) is 4.99 Å². The molecule has 1 atom stereocenters. The van der Waals surface area contributed by atoms with Gasteiger partial charge in [-0.05, 0) is 27.2 Å². The molecule has 1 aliphatic heterocycles. The second kappa shape index (κ2) is 8.64. The summed E-state index contributed by atoms with van der Waals surface area (Å²) in [7, 11) is 0. The van der Waals surface area contributed by atoms with E-state index in [0.29, 0.717) is 41.9 Å². The third kappa shape index (κ3) is 5.27. The summed E-state index contributed by atoms with van der Waals surface area (Å²) in [5, 5.41) is 18.8. The van der Waals surface area contributed by atoms with Crippen molar-refractivity contribution in [2.75, 3.05) is 26.2 Å². The third-order valence-corrected chi connectivity index (χ3v) is 6.71. The molecule has 0 aromatic heterocycles. The molecule has 1 saturated heterocycles. The maximum atomic E-state index is 11.7. The molecule has 1 heterocycles. The molecule has 0 saturated carbocycles. The predicted octanol–water partition coefficient (Wildman–Crippen LogP) is 2.70. The van der Waals surface area contributed by atoms with Crippen LogP contribution in [-0.2, 0) is 9.59 Å². The second-order valence-corrected chi connectivity index (χ2v) is 9.49. The Hall–Kier alpha value is -0.930. The van der Waals surface area contributed by atoms with Gasteiger partial charge >= 0.3 is 11.9 Å². The average Bonchev–Trinajstić information content (AvgIpc) is 2.53. The van der Waals surface area contributed by atoms with E-state index in [0.717, 1.165) is 18.2 Å². The summed E-state index contributed by atoms with van der Waals surface area (Å²) in [5.41, 5.74) is -1.03. The van der Waals surface area contributed by atoms with Crippen molar-refractivity contribution in [3.8, 4) is 0 Å². The lowest BCUT2D eigenvalue weighted by Gasteiger charge is -2.41. The molecule has 1 aliphatic rings. The maximum absolute atomic E-state index is 11.7. The van der Waals surface area contributed by atoms with E-state index >= 15 is 0 Å². The molecular weight excluding hydrogens is 380 g/mol. The first kappa shape index (κ1) is 22.1. The van der Waals surface area contributed by atoms with Gasteiger partial charge in [-0.25, -0.2) is 0 Å². The van der Waals surface area contributed by atoms with Crippen molar-refractivity contribution in [2.45, 2.75) is 45.3 Å². The SMILES string of the molecule is CCCC(C)(C(=O)O)C(=S)N1CCN(C(=S)SC(C)(C)C(=O)O)CC1. The monoisotopic (exact) mass is 406 g/mol. The fraction of sp³-hybridized carbons (Fsp3) is 0.750. The number of carbonyl (C=O) groups is 2. The number of hydrogen-bond acceptors (Lipinski definition) is 5. The molecule has 1 fully saturated rings. The van der Waals surface area contributed by atoms with Crippen LogP contribution in [0.5, 0.6) is 0 Å². The van der Waals surface area contributed by atoms with E-state index < -0.39 is 22.1 Å². The van der Waals surface area contributed by atoms with Crippen LogP contribution in [-0.4, -0.2) is 72.2 Å². The fourth-order valence-electron chi connectivity index (χ4n) is 2.57. The lowest BCUT2D eigenvalue weighted by molar-refractivity contribution is -0.144. The van der Waals surface area contributed by atoms with Crippen molar-refractivity contribution in [1.82, 2.24) is 9.80 Å². The molecule has 0 bridgehead atoms. The Morgan fingerprint density at radius 1 is 1.00 bits per heavy atom. The van der Waals surface area contributed by atoms with Gasteiger partial charge in [-0.1, -0.05) is 49.5 Å². The smallest absolute Gasteiger partial charge is 0.319 e. The molecule has 0 spiro atoms. The van der Waals surface area contributed by atoms with Gasteiger partial charge in [0.25, 0.3) is 0 Å². The molecule has 6 nitrogen and oxygen atoms in total. The number of rotatable bonds is 6. The average molecular weight is 407 g/mol. The van der Waals surface area contributed by atoms with Gasteiger partial charge < -0.3 is 20.0 Å². The normalized spacial score (nSPS) is 17.8. The Bertz CT molecular complexity index is 560. The Balaban J connectivity index is 2.69. The van der Waals surface area contributed by atoms with Gasteiger partial charge in [-0.15, -0.1) is 0 Å². The van der Waals surface area contributed by atoms with Crippen LogP contribution in [0.25, 0.3) is 0 Å². The minimum atomic E-state index is -1.03. The first-order valence-corrected chi connectivity index (χ1v) is 9.83. The summed E-state index contributed by atoms with van der Waals surface area (Å²) in [6.45, 7) is 9.25. The molecule has 2 N–H and O–H groups in total. The number of nitrogens with zero attached hydrogens (tertiary/aromatic N) is 2. The molecule has 0 radical (unpaired) electrons. The van der Waals surface area contributed by atoms with E-state index in [4.69, 9.17) is 24.4 Å². The van der Waals surface area contributed by atoms with Crippen LogP contribution in [0.3, 0.4) is 0 Å². The van der Waals surface area contributed by atoms with E-state index in [1.54, 1.807) is 20.8 Å². The number of carboxylic acid groups (broad SMARTS) is 2. The maximum Gasteiger partial charge on any atom is 0.319 e. The van der Waals surface area contributed by atoms with Gasteiger partial charge in [0.1, 0.15) is 14.5 Å². The predicted molar refractivity (Wildman–Crippen MR) is 108 cm³/mol. The molecule has 9 heteroatoms. The topological polar surface area (TPSA) is 81.1 Å². The number of thioether (sulfide) groups is 1. The molecular formula is C16H26N2O4S3. The first-order chi connectivity index (χ1) is 11.5. The highest BCUT2D eigenvalue weighted by molar-refractivity contribution is 8.24. The van der Waals surface area contributed by atoms with Crippen molar-refractivity contribution in [1.29, 1.82) is 0 Å². The van der Waals surface area contributed by atoms with Crippen molar-refractivity contribution >= 4 is 57.4 Å². The molecule has 0 aliphatic carbocycles. The summed E-state index contributed by atoms with van der Waals surface area (Å²) in [6, 6.07) is 0. The number of carboxylic acids is 2. The Morgan fingerprint density at radius 3 is 1.88 bits per heavy atom. The molecule has 1 unspecified atom stereocenters. The highest BCUT2D eigenvalue weighted by atomic mass is 32.2. The van der Waals surface area contributed by atoms with Crippen molar-refractivity contribution in [3.05, 3.63) is 0 Å². The zero-order valence-corrected chi connectivity index (χ0v) is 17.5. The number of hydrogen-bond donors (Lipinski definition) is 2. The Kier molecular flexibility index (Phi) is 7.64. The van der Waals surface area contributed by atoms with E-state index in [2.05, 4.69) is 0 Å². The molecule has 142 valence electrons. The summed E-state index contributed by atoms with van der Waals surface area (Å²) < 4.78 is -0.431. The lowest BCUT2D eigenvalue weighted by Crippen LogP contribution is -2.54. The zero-order chi connectivity index (χ0) is 19.4. The number of aliphatic carboxylic acids is 2. The molecule has 1 rings (SSSR count). The highest BCUT2D eigenvalue weighted by Gasteiger charge is 2.40. The van der Waals surface area contributed by atoms with Crippen LogP contribution in [0.4, 0.5) is 0 Å². The van der Waals surface area contributed by atoms with E-state index in [9.17, 15) is 19.8 Å². The number of thiocarbonyl (C=S) groups is 2. The summed E-state index contributed by atoms with van der Waals surface area (Å²) >= 11 is 12.0. The number of piperazine rings is 1. The van der Waals surface area contributed by atoms with Crippen LogP contribution in [0.15, 0.2) is 0 Å². The van der Waals surface area contributed by atoms with Crippen molar-refractivity contribution in [2.24, 2.45) is 5.41 Å². The summed E-state index contributed by atoms with van der Waals surface area (Å²) in [5.74, 6) is -1.80. The van der Waals surface area contributed by atoms with E-state index in [-0.39, 0.29) is 0 Å². The van der Waals surface area contributed by atoms with Crippen LogP contribution < -0.4 is 0 Å².